The number of aliphatic hydroxyl groups is 1. The predicted molar refractivity (Wildman–Crippen MR) is 155 cm³/mol. The van der Waals surface area contributed by atoms with Gasteiger partial charge >= 0.3 is 0 Å². The lowest BCUT2D eigenvalue weighted by Crippen LogP contribution is -2.58. The highest BCUT2D eigenvalue weighted by Crippen LogP contribution is 2.69. The molecule has 8 heteroatoms. The Hall–Kier alpha value is -2.84. The fourth-order valence-electron chi connectivity index (χ4n) is 7.85. The molecule has 0 aromatic heterocycles. The van der Waals surface area contributed by atoms with Crippen molar-refractivity contribution in [2.24, 2.45) is 17.8 Å². The van der Waals surface area contributed by atoms with Gasteiger partial charge in [-0.3, -0.25) is 14.4 Å². The zero-order valence-corrected chi connectivity index (χ0v) is 23.8. The maximum Gasteiger partial charge on any atom is 0.244 e. The number of nitrogens with one attached hydrogen (secondary N) is 2. The lowest BCUT2D eigenvalue weighted by Gasteiger charge is -2.41. The van der Waals surface area contributed by atoms with Crippen LogP contribution in [0.4, 0.5) is 0 Å². The number of carbonyl (C=O) groups excluding carboxylic acids is 3. The highest BCUT2D eigenvalue weighted by atomic mass is 32.2. The van der Waals surface area contributed by atoms with Crippen LogP contribution in [-0.4, -0.2) is 56.4 Å². The number of hydrogen-bond donors (Lipinski definition) is 3. The second kappa shape index (κ2) is 11.2. The Kier molecular flexibility index (Phi) is 7.66. The van der Waals surface area contributed by atoms with Gasteiger partial charge in [-0.25, -0.2) is 0 Å². The van der Waals surface area contributed by atoms with E-state index in [4.69, 9.17) is 0 Å². The minimum absolute atomic E-state index is 0.0174. The third kappa shape index (κ3) is 4.53. The van der Waals surface area contributed by atoms with Crippen molar-refractivity contribution in [3.63, 3.8) is 0 Å². The first-order chi connectivity index (χ1) is 19.5. The van der Waals surface area contributed by atoms with Gasteiger partial charge in [0.05, 0.1) is 29.2 Å². The standard InChI is InChI=1S/C32H39N3O4S/c1-20-17-25-26(29(37)33-18-21-11-5-2-6-12-21)27-31(39)35(24(19-36)22-13-7-3-8-14-22)28(32(20,27)40-25)30(38)34-23-15-9-4-10-16-23/h2-3,5-8,11-14,20,23-28,36H,4,9-10,15-19H2,1H3,(H,33,37)(H,34,38)/t20?,24-,25+,26-,27+,28?,32?/m1/s1. The van der Waals surface area contributed by atoms with Crippen molar-refractivity contribution in [1.29, 1.82) is 0 Å². The minimum atomic E-state index is -0.749. The van der Waals surface area contributed by atoms with E-state index in [-0.39, 0.29) is 41.5 Å². The summed E-state index contributed by atoms with van der Waals surface area (Å²) >= 11 is 1.68. The molecule has 3 aliphatic heterocycles. The predicted octanol–water partition coefficient (Wildman–Crippen LogP) is 3.82. The molecular formula is C32H39N3O4S. The number of rotatable bonds is 8. The van der Waals surface area contributed by atoms with Crippen molar-refractivity contribution in [3.05, 3.63) is 71.8 Å². The number of hydrogen-bond acceptors (Lipinski definition) is 5. The van der Waals surface area contributed by atoms with E-state index in [1.54, 1.807) is 16.7 Å². The van der Waals surface area contributed by atoms with Crippen LogP contribution in [-0.2, 0) is 20.9 Å². The normalized spacial score (nSPS) is 32.1. The molecule has 2 aromatic carbocycles. The number of likely N-dealkylation sites (tertiary alicyclic amines) is 1. The lowest BCUT2D eigenvalue weighted by molar-refractivity contribution is -0.143. The van der Waals surface area contributed by atoms with Crippen molar-refractivity contribution in [2.75, 3.05) is 6.61 Å². The summed E-state index contributed by atoms with van der Waals surface area (Å²) in [6.07, 6.45) is 6.04. The molecule has 40 heavy (non-hydrogen) atoms. The molecule has 0 radical (unpaired) electrons. The van der Waals surface area contributed by atoms with Gasteiger partial charge in [0.15, 0.2) is 0 Å². The zero-order chi connectivity index (χ0) is 27.9. The van der Waals surface area contributed by atoms with Crippen LogP contribution in [0.3, 0.4) is 0 Å². The summed E-state index contributed by atoms with van der Waals surface area (Å²) in [6, 6.07) is 17.9. The Bertz CT molecular complexity index is 1240. The molecule has 6 rings (SSSR count). The van der Waals surface area contributed by atoms with Crippen LogP contribution >= 0.6 is 11.8 Å². The molecule has 3 unspecified atom stereocenters. The number of carbonyl (C=O) groups is 3. The summed E-state index contributed by atoms with van der Waals surface area (Å²) in [4.78, 5) is 44.2. The Morgan fingerprint density at radius 3 is 2.38 bits per heavy atom. The van der Waals surface area contributed by atoms with E-state index in [0.717, 1.165) is 43.2 Å². The van der Waals surface area contributed by atoms with Gasteiger partial charge in [-0.1, -0.05) is 86.8 Å². The van der Waals surface area contributed by atoms with E-state index in [1.807, 2.05) is 60.7 Å². The SMILES string of the molecule is CC1C[C@@H]2SC13C(C(=O)NC1CCCCC1)N([C@H](CO)c1ccccc1)C(=O)[C@@H]3[C@@H]2C(=O)NCc1ccccc1. The van der Waals surface area contributed by atoms with Crippen LogP contribution < -0.4 is 10.6 Å². The summed E-state index contributed by atoms with van der Waals surface area (Å²) in [7, 11) is 0. The van der Waals surface area contributed by atoms with Crippen LogP contribution in [0, 0.1) is 17.8 Å². The summed E-state index contributed by atoms with van der Waals surface area (Å²) in [5.74, 6) is -1.49. The first kappa shape index (κ1) is 27.3. The van der Waals surface area contributed by atoms with Crippen molar-refractivity contribution in [1.82, 2.24) is 15.5 Å². The van der Waals surface area contributed by atoms with Crippen LogP contribution in [0.25, 0.3) is 0 Å². The molecule has 4 fully saturated rings. The van der Waals surface area contributed by atoms with Gasteiger partial charge < -0.3 is 20.6 Å². The van der Waals surface area contributed by atoms with Gasteiger partial charge in [-0.15, -0.1) is 11.8 Å². The highest BCUT2D eigenvalue weighted by molar-refractivity contribution is 8.02. The lowest BCUT2D eigenvalue weighted by atomic mass is 9.65. The Labute approximate surface area is 240 Å². The number of thioether (sulfide) groups is 1. The third-order valence-corrected chi connectivity index (χ3v) is 11.8. The van der Waals surface area contributed by atoms with E-state index in [0.29, 0.717) is 6.54 Å². The molecule has 1 saturated carbocycles. The zero-order valence-electron chi connectivity index (χ0n) is 23.0. The fourth-order valence-corrected chi connectivity index (χ4v) is 10.3. The molecule has 2 bridgehead atoms. The quantitative estimate of drug-likeness (QED) is 0.455. The van der Waals surface area contributed by atoms with Gasteiger partial charge in [0.2, 0.25) is 17.7 Å². The van der Waals surface area contributed by atoms with Crippen LogP contribution in [0.2, 0.25) is 0 Å². The maximum absolute atomic E-state index is 14.5. The van der Waals surface area contributed by atoms with Crippen molar-refractivity contribution in [3.8, 4) is 0 Å². The molecule has 3 saturated heterocycles. The molecule has 3 heterocycles. The topological polar surface area (TPSA) is 98.7 Å². The molecule has 7 nitrogen and oxygen atoms in total. The highest BCUT2D eigenvalue weighted by Gasteiger charge is 2.76. The average molecular weight is 562 g/mol. The second-order valence-corrected chi connectivity index (χ2v) is 13.5. The molecule has 2 aromatic rings. The smallest absolute Gasteiger partial charge is 0.244 e. The number of aliphatic hydroxyl groups excluding tert-OH is 1. The van der Waals surface area contributed by atoms with Crippen molar-refractivity contribution < 1.29 is 19.5 Å². The van der Waals surface area contributed by atoms with Gasteiger partial charge in [0.1, 0.15) is 6.04 Å². The number of fused-ring (bicyclic) bond motifs is 1. The molecule has 7 atom stereocenters. The maximum atomic E-state index is 14.5. The molecule has 212 valence electrons. The third-order valence-electron chi connectivity index (χ3n) is 9.69. The monoisotopic (exact) mass is 561 g/mol. The summed E-state index contributed by atoms with van der Waals surface area (Å²) < 4.78 is -0.711. The van der Waals surface area contributed by atoms with E-state index >= 15 is 0 Å². The first-order valence-electron chi connectivity index (χ1n) is 14.7. The van der Waals surface area contributed by atoms with E-state index < -0.39 is 28.7 Å². The van der Waals surface area contributed by atoms with Crippen molar-refractivity contribution in [2.45, 2.75) is 80.1 Å². The molecule has 4 aliphatic rings. The van der Waals surface area contributed by atoms with E-state index in [2.05, 4.69) is 17.6 Å². The fraction of sp³-hybridized carbons (Fsp3) is 0.531. The van der Waals surface area contributed by atoms with Crippen molar-refractivity contribution >= 4 is 29.5 Å². The van der Waals surface area contributed by atoms with Gasteiger partial charge in [-0.2, -0.15) is 0 Å². The van der Waals surface area contributed by atoms with Crippen LogP contribution in [0.5, 0.6) is 0 Å². The Morgan fingerprint density at radius 2 is 1.70 bits per heavy atom. The van der Waals surface area contributed by atoms with Gasteiger partial charge in [0.25, 0.3) is 0 Å². The van der Waals surface area contributed by atoms with Crippen LogP contribution in [0.15, 0.2) is 60.7 Å². The molecular weight excluding hydrogens is 522 g/mol. The summed E-state index contributed by atoms with van der Waals surface area (Å²) in [6.45, 7) is 2.24. The minimum Gasteiger partial charge on any atom is -0.394 e. The number of amides is 3. The van der Waals surface area contributed by atoms with Gasteiger partial charge in [-0.05, 0) is 36.3 Å². The number of nitrogens with zero attached hydrogens (tertiary/aromatic N) is 1. The Morgan fingerprint density at radius 1 is 1.02 bits per heavy atom. The second-order valence-electron chi connectivity index (χ2n) is 12.0. The summed E-state index contributed by atoms with van der Waals surface area (Å²) in [5, 5.41) is 17.0. The summed E-state index contributed by atoms with van der Waals surface area (Å²) in [5.41, 5.74) is 1.80. The Balaban J connectivity index is 1.36. The van der Waals surface area contributed by atoms with Crippen LogP contribution in [0.1, 0.15) is 62.6 Å². The molecule has 1 spiro atoms. The van der Waals surface area contributed by atoms with Gasteiger partial charge in [0, 0.05) is 17.8 Å². The largest absolute Gasteiger partial charge is 0.394 e. The number of benzene rings is 2. The van der Waals surface area contributed by atoms with E-state index in [9.17, 15) is 19.5 Å². The average Bonchev–Trinajstić information content (AvgIpc) is 3.58. The van der Waals surface area contributed by atoms with E-state index in [1.165, 1.54) is 6.42 Å². The first-order valence-corrected chi connectivity index (χ1v) is 15.6. The molecule has 3 amide bonds. The molecule has 1 aliphatic carbocycles. The molecule has 3 N–H and O–H groups in total.